The lowest BCUT2D eigenvalue weighted by molar-refractivity contribution is 0.00743. The van der Waals surface area contributed by atoms with Crippen LogP contribution in [0.15, 0.2) is 12.1 Å². The lowest BCUT2D eigenvalue weighted by Crippen LogP contribution is -2.51. The molecule has 0 radical (unpaired) electrons. The van der Waals surface area contributed by atoms with E-state index in [9.17, 15) is 8.78 Å². The predicted octanol–water partition coefficient (Wildman–Crippen LogP) is 4.51. The van der Waals surface area contributed by atoms with Crippen molar-refractivity contribution in [3.8, 4) is 0 Å². The van der Waals surface area contributed by atoms with Crippen LogP contribution in [0.4, 0.5) is 14.5 Å². The van der Waals surface area contributed by atoms with Crippen molar-refractivity contribution in [2.75, 3.05) is 5.32 Å². The van der Waals surface area contributed by atoms with E-state index < -0.39 is 0 Å². The Kier molecular flexibility index (Phi) is 2.80. The molecular formula is C17H21F2N. The molecule has 1 nitrogen and oxygen atoms in total. The quantitative estimate of drug-likeness (QED) is 0.838. The zero-order chi connectivity index (χ0) is 13.9. The van der Waals surface area contributed by atoms with Gasteiger partial charge in [-0.25, -0.2) is 8.78 Å². The van der Waals surface area contributed by atoms with Crippen LogP contribution in [0.3, 0.4) is 0 Å². The Labute approximate surface area is 118 Å². The number of hydrogen-bond acceptors (Lipinski definition) is 1. The minimum absolute atomic E-state index is 0.322. The third-order valence-corrected chi connectivity index (χ3v) is 5.80. The Morgan fingerprint density at radius 1 is 0.900 bits per heavy atom. The molecule has 0 unspecified atom stereocenters. The van der Waals surface area contributed by atoms with E-state index in [1.807, 2.05) is 0 Å². The van der Waals surface area contributed by atoms with Crippen LogP contribution in [0.5, 0.6) is 0 Å². The fourth-order valence-corrected chi connectivity index (χ4v) is 5.10. The van der Waals surface area contributed by atoms with Crippen LogP contribution in [0, 0.1) is 42.2 Å². The first-order valence-corrected chi connectivity index (χ1v) is 7.82. The minimum Gasteiger partial charge on any atom is -0.379 e. The Morgan fingerprint density at radius 3 is 2.10 bits per heavy atom. The van der Waals surface area contributed by atoms with E-state index in [1.165, 1.54) is 44.2 Å². The molecule has 0 saturated heterocycles. The summed E-state index contributed by atoms with van der Waals surface area (Å²) in [4.78, 5) is 0. The molecule has 0 aliphatic heterocycles. The summed E-state index contributed by atoms with van der Waals surface area (Å²) in [6.07, 6.45) is 6.52. The summed E-state index contributed by atoms with van der Waals surface area (Å²) in [5.74, 6) is 2.48. The zero-order valence-corrected chi connectivity index (χ0v) is 11.8. The van der Waals surface area contributed by atoms with Crippen molar-refractivity contribution in [3.63, 3.8) is 0 Å². The topological polar surface area (TPSA) is 12.0 Å². The second-order valence-corrected chi connectivity index (χ2v) is 7.18. The third kappa shape index (κ3) is 1.94. The monoisotopic (exact) mass is 277 g/mol. The predicted molar refractivity (Wildman–Crippen MR) is 75.6 cm³/mol. The highest BCUT2D eigenvalue weighted by Crippen LogP contribution is 2.54. The number of benzene rings is 1. The van der Waals surface area contributed by atoms with Crippen molar-refractivity contribution in [2.24, 2.45) is 23.7 Å². The smallest absolute Gasteiger partial charge is 0.146 e. The highest BCUT2D eigenvalue weighted by molar-refractivity contribution is 5.48. The van der Waals surface area contributed by atoms with Crippen LogP contribution >= 0.6 is 0 Å². The molecule has 0 atom stereocenters. The first-order chi connectivity index (χ1) is 9.60. The summed E-state index contributed by atoms with van der Waals surface area (Å²) in [7, 11) is 0. The molecule has 5 rings (SSSR count). The second kappa shape index (κ2) is 4.44. The van der Waals surface area contributed by atoms with Crippen molar-refractivity contribution in [1.29, 1.82) is 0 Å². The summed E-state index contributed by atoms with van der Waals surface area (Å²) < 4.78 is 27.7. The highest BCUT2D eigenvalue weighted by atomic mass is 19.1. The number of anilines is 1. The molecular weight excluding hydrogens is 256 g/mol. The Bertz CT molecular complexity index is 512. The average Bonchev–Trinajstić information content (AvgIpc) is 2.38. The number of aryl methyl sites for hydroxylation is 1. The van der Waals surface area contributed by atoms with Crippen LogP contribution < -0.4 is 5.32 Å². The van der Waals surface area contributed by atoms with Gasteiger partial charge in [-0.05, 0) is 74.3 Å². The van der Waals surface area contributed by atoms with Crippen molar-refractivity contribution in [3.05, 3.63) is 29.3 Å². The van der Waals surface area contributed by atoms with Gasteiger partial charge >= 0.3 is 0 Å². The summed E-state index contributed by atoms with van der Waals surface area (Å²) >= 11 is 0. The summed E-state index contributed by atoms with van der Waals surface area (Å²) in [6, 6.07) is 2.98. The van der Waals surface area contributed by atoms with Crippen LogP contribution in [0.1, 0.15) is 37.7 Å². The number of halogens is 2. The van der Waals surface area contributed by atoms with E-state index in [-0.39, 0.29) is 11.6 Å². The van der Waals surface area contributed by atoms with Crippen LogP contribution in [0.25, 0.3) is 0 Å². The number of rotatable bonds is 2. The summed E-state index contributed by atoms with van der Waals surface area (Å²) in [5, 5.41) is 3.35. The normalized spacial score (nSPS) is 38.2. The van der Waals surface area contributed by atoms with E-state index >= 15 is 0 Å². The maximum atomic E-state index is 14.0. The van der Waals surface area contributed by atoms with Gasteiger partial charge in [0.15, 0.2) is 0 Å². The maximum Gasteiger partial charge on any atom is 0.146 e. The molecule has 1 N–H and O–H groups in total. The minimum atomic E-state index is -0.322. The molecule has 3 heteroatoms. The lowest BCUT2D eigenvalue weighted by Gasteiger charge is -2.54. The fourth-order valence-electron chi connectivity index (χ4n) is 5.10. The highest BCUT2D eigenvalue weighted by Gasteiger charge is 2.48. The van der Waals surface area contributed by atoms with Crippen LogP contribution in [-0.2, 0) is 0 Å². The first-order valence-electron chi connectivity index (χ1n) is 7.82. The van der Waals surface area contributed by atoms with E-state index in [2.05, 4.69) is 5.32 Å². The van der Waals surface area contributed by atoms with E-state index in [1.54, 1.807) is 6.92 Å². The Morgan fingerprint density at radius 2 is 1.50 bits per heavy atom. The van der Waals surface area contributed by atoms with E-state index in [4.69, 9.17) is 0 Å². The van der Waals surface area contributed by atoms with Crippen LogP contribution in [-0.4, -0.2) is 6.04 Å². The van der Waals surface area contributed by atoms with Gasteiger partial charge in [0.2, 0.25) is 0 Å². The molecule has 0 amide bonds. The SMILES string of the molecule is Cc1cc(F)c(NC2C3CC4CC(C3)CC2C4)cc1F. The van der Waals surface area contributed by atoms with Crippen molar-refractivity contribution in [2.45, 2.75) is 45.1 Å². The molecule has 4 aliphatic carbocycles. The molecule has 4 fully saturated rings. The molecule has 1 aromatic carbocycles. The molecule has 4 aliphatic rings. The molecule has 4 saturated carbocycles. The van der Waals surface area contributed by atoms with Crippen molar-refractivity contribution < 1.29 is 8.78 Å². The average molecular weight is 277 g/mol. The second-order valence-electron chi connectivity index (χ2n) is 7.18. The molecule has 1 aromatic rings. The van der Waals surface area contributed by atoms with Gasteiger partial charge < -0.3 is 5.32 Å². The molecule has 20 heavy (non-hydrogen) atoms. The van der Waals surface area contributed by atoms with Gasteiger partial charge in [-0.1, -0.05) is 0 Å². The lowest BCUT2D eigenvalue weighted by atomic mass is 9.54. The fraction of sp³-hybridized carbons (Fsp3) is 0.647. The third-order valence-electron chi connectivity index (χ3n) is 5.80. The van der Waals surface area contributed by atoms with E-state index in [0.717, 1.165) is 11.8 Å². The van der Waals surface area contributed by atoms with Gasteiger partial charge in [-0.15, -0.1) is 0 Å². The Balaban J connectivity index is 1.59. The van der Waals surface area contributed by atoms with Gasteiger partial charge in [0.1, 0.15) is 11.6 Å². The maximum absolute atomic E-state index is 14.0. The van der Waals surface area contributed by atoms with Gasteiger partial charge in [0.25, 0.3) is 0 Å². The molecule has 0 spiro atoms. The molecule has 0 aromatic heterocycles. The number of hydrogen-bond donors (Lipinski definition) is 1. The largest absolute Gasteiger partial charge is 0.379 e. The van der Waals surface area contributed by atoms with Crippen molar-refractivity contribution >= 4 is 5.69 Å². The van der Waals surface area contributed by atoms with Gasteiger partial charge in [0.05, 0.1) is 5.69 Å². The zero-order valence-electron chi connectivity index (χ0n) is 11.8. The van der Waals surface area contributed by atoms with Crippen LogP contribution in [0.2, 0.25) is 0 Å². The van der Waals surface area contributed by atoms with Gasteiger partial charge in [-0.3, -0.25) is 0 Å². The van der Waals surface area contributed by atoms with Gasteiger partial charge in [0, 0.05) is 12.1 Å². The van der Waals surface area contributed by atoms with E-state index in [0.29, 0.717) is 29.1 Å². The first kappa shape index (κ1) is 12.6. The number of nitrogens with one attached hydrogen (secondary N) is 1. The molecule has 108 valence electrons. The van der Waals surface area contributed by atoms with Gasteiger partial charge in [-0.2, -0.15) is 0 Å². The van der Waals surface area contributed by atoms with Crippen molar-refractivity contribution in [1.82, 2.24) is 0 Å². The standard InChI is InChI=1S/C17H21F2N/c1-9-2-15(19)16(8-14(9)18)20-17-12-4-10-3-11(6-12)7-13(17)5-10/h2,8,10-13,17,20H,3-7H2,1H3. The molecule has 0 heterocycles. The summed E-state index contributed by atoms with van der Waals surface area (Å²) in [6.45, 7) is 1.60. The summed E-state index contributed by atoms with van der Waals surface area (Å²) in [5.41, 5.74) is 0.726. The molecule has 4 bridgehead atoms. The Hall–Kier alpha value is -1.12.